The van der Waals surface area contributed by atoms with Crippen LogP contribution in [0.1, 0.15) is 36.7 Å². The van der Waals surface area contributed by atoms with Gasteiger partial charge in [-0.2, -0.15) is 13.2 Å². The molecule has 1 unspecified atom stereocenters. The number of carbonyl (C=O) groups is 1. The molecule has 3 nitrogen and oxygen atoms in total. The highest BCUT2D eigenvalue weighted by Gasteiger charge is 2.36. The molecule has 0 aliphatic rings. The second kappa shape index (κ2) is 7.28. The fourth-order valence-electron chi connectivity index (χ4n) is 1.68. The highest BCUT2D eigenvalue weighted by molar-refractivity contribution is 5.95. The molecule has 0 bridgehead atoms. The SMILES string of the molecule is CC(C)C(C)(CN)NC(=O)c1cccc(C(F)(F)F)c1F.Cl. The lowest BCUT2D eigenvalue weighted by atomic mass is 9.88. The largest absolute Gasteiger partial charge is 0.419 e. The van der Waals surface area contributed by atoms with Crippen LogP contribution < -0.4 is 11.1 Å². The minimum Gasteiger partial charge on any atom is -0.345 e. The zero-order valence-electron chi connectivity index (χ0n) is 12.4. The van der Waals surface area contributed by atoms with Crippen molar-refractivity contribution in [3.63, 3.8) is 0 Å². The van der Waals surface area contributed by atoms with Crippen molar-refractivity contribution in [1.82, 2.24) is 5.32 Å². The van der Waals surface area contributed by atoms with E-state index in [0.717, 1.165) is 12.1 Å². The molecule has 0 fully saturated rings. The topological polar surface area (TPSA) is 55.1 Å². The molecule has 0 saturated heterocycles. The highest BCUT2D eigenvalue weighted by Crippen LogP contribution is 2.32. The molecule has 0 aromatic heterocycles. The van der Waals surface area contributed by atoms with E-state index in [1.165, 1.54) is 0 Å². The summed E-state index contributed by atoms with van der Waals surface area (Å²) in [4.78, 5) is 12.0. The van der Waals surface area contributed by atoms with E-state index in [4.69, 9.17) is 5.73 Å². The van der Waals surface area contributed by atoms with E-state index in [-0.39, 0.29) is 24.9 Å². The molecule has 0 spiro atoms. The van der Waals surface area contributed by atoms with Crippen molar-refractivity contribution < 1.29 is 22.4 Å². The molecule has 126 valence electrons. The lowest BCUT2D eigenvalue weighted by Gasteiger charge is -2.33. The standard InChI is InChI=1S/C14H18F4N2O.ClH/c1-8(2)13(3,7-19)20-12(21)9-5-4-6-10(11(9)15)14(16,17)18;/h4-6,8H,7,19H2,1-3H3,(H,20,21);1H. The average Bonchev–Trinajstić information content (AvgIpc) is 2.36. The maximum Gasteiger partial charge on any atom is 0.419 e. The van der Waals surface area contributed by atoms with Gasteiger partial charge in [0.1, 0.15) is 5.82 Å². The van der Waals surface area contributed by atoms with Crippen LogP contribution >= 0.6 is 12.4 Å². The molecular weight excluding hydrogens is 324 g/mol. The molecule has 0 saturated carbocycles. The molecule has 0 aliphatic carbocycles. The van der Waals surface area contributed by atoms with Crippen LogP contribution in [-0.4, -0.2) is 18.0 Å². The minimum atomic E-state index is -4.85. The lowest BCUT2D eigenvalue weighted by Crippen LogP contribution is -2.55. The maximum atomic E-state index is 13.9. The quantitative estimate of drug-likeness (QED) is 0.824. The number of carbonyl (C=O) groups excluding carboxylic acids is 1. The molecule has 22 heavy (non-hydrogen) atoms. The molecule has 1 amide bonds. The van der Waals surface area contributed by atoms with Gasteiger partial charge in [-0.15, -0.1) is 12.4 Å². The number of amides is 1. The molecule has 1 atom stereocenters. The van der Waals surface area contributed by atoms with Crippen molar-refractivity contribution in [1.29, 1.82) is 0 Å². The van der Waals surface area contributed by atoms with E-state index in [1.54, 1.807) is 20.8 Å². The Kier molecular flexibility index (Phi) is 6.84. The Balaban J connectivity index is 0.00000441. The Morgan fingerprint density at radius 3 is 2.27 bits per heavy atom. The summed E-state index contributed by atoms with van der Waals surface area (Å²) in [7, 11) is 0. The molecule has 3 N–H and O–H groups in total. The van der Waals surface area contributed by atoms with E-state index >= 15 is 0 Å². The number of hydrogen-bond donors (Lipinski definition) is 2. The number of benzene rings is 1. The van der Waals surface area contributed by atoms with Crippen LogP contribution in [0.15, 0.2) is 18.2 Å². The second-order valence-corrected chi connectivity index (χ2v) is 5.40. The zero-order valence-corrected chi connectivity index (χ0v) is 13.2. The van der Waals surface area contributed by atoms with Gasteiger partial charge in [-0.05, 0) is 25.0 Å². The molecule has 1 aromatic rings. The third-order valence-electron chi connectivity index (χ3n) is 3.65. The third-order valence-corrected chi connectivity index (χ3v) is 3.65. The predicted octanol–water partition coefficient (Wildman–Crippen LogP) is 3.37. The zero-order chi connectivity index (χ0) is 16.4. The van der Waals surface area contributed by atoms with Crippen molar-refractivity contribution in [3.05, 3.63) is 35.1 Å². The number of rotatable bonds is 4. The first kappa shape index (κ1) is 20.7. The summed E-state index contributed by atoms with van der Waals surface area (Å²) in [5.41, 5.74) is 2.64. The van der Waals surface area contributed by atoms with Crippen LogP contribution in [0.5, 0.6) is 0 Å². The Morgan fingerprint density at radius 2 is 1.86 bits per heavy atom. The maximum absolute atomic E-state index is 13.9. The van der Waals surface area contributed by atoms with E-state index in [2.05, 4.69) is 5.32 Å². The summed E-state index contributed by atoms with van der Waals surface area (Å²) < 4.78 is 51.8. The lowest BCUT2D eigenvalue weighted by molar-refractivity contribution is -0.140. The molecule has 0 heterocycles. The summed E-state index contributed by atoms with van der Waals surface area (Å²) >= 11 is 0. The van der Waals surface area contributed by atoms with Crippen LogP contribution in [0.4, 0.5) is 17.6 Å². The van der Waals surface area contributed by atoms with Gasteiger partial charge in [0.2, 0.25) is 0 Å². The van der Waals surface area contributed by atoms with Gasteiger partial charge in [0.05, 0.1) is 16.7 Å². The first-order valence-electron chi connectivity index (χ1n) is 6.41. The van der Waals surface area contributed by atoms with E-state index < -0.39 is 34.6 Å². The Morgan fingerprint density at radius 1 is 1.32 bits per heavy atom. The number of halogens is 5. The van der Waals surface area contributed by atoms with Crippen molar-refractivity contribution in [3.8, 4) is 0 Å². The summed E-state index contributed by atoms with van der Waals surface area (Å²) in [6.45, 7) is 5.34. The fourth-order valence-corrected chi connectivity index (χ4v) is 1.68. The number of alkyl halides is 3. The van der Waals surface area contributed by atoms with Crippen LogP contribution in [-0.2, 0) is 6.18 Å². The van der Waals surface area contributed by atoms with Crippen molar-refractivity contribution in [2.24, 2.45) is 11.7 Å². The Hall–Kier alpha value is -1.34. The Labute approximate surface area is 132 Å². The predicted molar refractivity (Wildman–Crippen MR) is 78.4 cm³/mol. The van der Waals surface area contributed by atoms with Crippen molar-refractivity contribution in [2.75, 3.05) is 6.54 Å². The fraction of sp³-hybridized carbons (Fsp3) is 0.500. The highest BCUT2D eigenvalue weighted by atomic mass is 35.5. The van der Waals surface area contributed by atoms with Gasteiger partial charge >= 0.3 is 6.18 Å². The molecule has 1 rings (SSSR count). The first-order valence-corrected chi connectivity index (χ1v) is 6.41. The van der Waals surface area contributed by atoms with Crippen molar-refractivity contribution >= 4 is 18.3 Å². The first-order chi connectivity index (χ1) is 9.53. The van der Waals surface area contributed by atoms with Gasteiger partial charge < -0.3 is 11.1 Å². The van der Waals surface area contributed by atoms with Crippen LogP contribution in [0.2, 0.25) is 0 Å². The van der Waals surface area contributed by atoms with E-state index in [1.807, 2.05) is 0 Å². The number of nitrogens with one attached hydrogen (secondary N) is 1. The molecule has 1 aromatic carbocycles. The molecular formula is C14H19ClF4N2O. The van der Waals surface area contributed by atoms with Crippen molar-refractivity contribution in [2.45, 2.75) is 32.5 Å². The van der Waals surface area contributed by atoms with Crippen LogP contribution in [0, 0.1) is 11.7 Å². The minimum absolute atomic E-state index is 0. The van der Waals surface area contributed by atoms with Gasteiger partial charge in [-0.25, -0.2) is 4.39 Å². The Bertz CT molecular complexity index is 534. The summed E-state index contributed by atoms with van der Waals surface area (Å²) in [5, 5.41) is 2.51. The van der Waals surface area contributed by atoms with E-state index in [0.29, 0.717) is 6.07 Å². The summed E-state index contributed by atoms with van der Waals surface area (Å²) in [5.74, 6) is -2.56. The van der Waals surface area contributed by atoms with Gasteiger partial charge in [0, 0.05) is 6.54 Å². The molecule has 8 heteroatoms. The number of nitrogens with two attached hydrogens (primary N) is 1. The van der Waals surface area contributed by atoms with Gasteiger partial charge in [0.25, 0.3) is 5.91 Å². The van der Waals surface area contributed by atoms with Gasteiger partial charge in [-0.1, -0.05) is 19.9 Å². The van der Waals surface area contributed by atoms with Crippen LogP contribution in [0.25, 0.3) is 0 Å². The average molecular weight is 343 g/mol. The summed E-state index contributed by atoms with van der Waals surface area (Å²) in [6.07, 6.45) is -4.85. The monoisotopic (exact) mass is 342 g/mol. The van der Waals surface area contributed by atoms with Gasteiger partial charge in [-0.3, -0.25) is 4.79 Å². The normalized spacial score (nSPS) is 14.2. The smallest absolute Gasteiger partial charge is 0.345 e. The number of hydrogen-bond acceptors (Lipinski definition) is 2. The summed E-state index contributed by atoms with van der Waals surface area (Å²) in [6, 6.07) is 2.60. The van der Waals surface area contributed by atoms with Crippen LogP contribution in [0.3, 0.4) is 0 Å². The third kappa shape index (κ3) is 4.33. The van der Waals surface area contributed by atoms with Gasteiger partial charge in [0.15, 0.2) is 0 Å². The second-order valence-electron chi connectivity index (χ2n) is 5.40. The van der Waals surface area contributed by atoms with E-state index in [9.17, 15) is 22.4 Å². The molecule has 0 aliphatic heterocycles. The molecule has 0 radical (unpaired) electrons.